The van der Waals surface area contributed by atoms with E-state index in [1.807, 2.05) is 24.3 Å². The predicted octanol–water partition coefficient (Wildman–Crippen LogP) is 16.5. The molecule has 0 bridgehead atoms. The van der Waals surface area contributed by atoms with Crippen LogP contribution >= 0.6 is 0 Å². The molecule has 3 aromatic heterocycles. The highest BCUT2D eigenvalue weighted by Gasteiger charge is 2.21. The third-order valence-corrected chi connectivity index (χ3v) is 13.0. The van der Waals surface area contributed by atoms with Gasteiger partial charge in [0.1, 0.15) is 11.2 Å². The van der Waals surface area contributed by atoms with Gasteiger partial charge in [-0.3, -0.25) is 0 Å². The first-order valence-electron chi connectivity index (χ1n) is 22.9. The van der Waals surface area contributed by atoms with Crippen LogP contribution in [0.1, 0.15) is 0 Å². The molecule has 3 heterocycles. The van der Waals surface area contributed by atoms with E-state index in [0.29, 0.717) is 17.5 Å². The van der Waals surface area contributed by atoms with E-state index in [0.717, 1.165) is 94.1 Å². The number of aromatic nitrogens is 4. The largest absolute Gasteiger partial charge is 0.456 e. The van der Waals surface area contributed by atoms with E-state index in [2.05, 4.69) is 223 Å². The summed E-state index contributed by atoms with van der Waals surface area (Å²) in [6, 6.07) is 85.3. The summed E-state index contributed by atoms with van der Waals surface area (Å²) in [4.78, 5) is 15.8. The Morgan fingerprint density at radius 3 is 1.29 bits per heavy atom. The third kappa shape index (κ3) is 6.93. The standard InChI is InChI=1S/C63H40N4O/c1-5-17-41(18-6-1)44-23-15-25-48(35-44)61-64-62(49-26-16-24-45(36-49)42-19-7-2-8-20-42)66-63(65-61)50-39-53(60-52-29-13-14-30-58(52)68-59(60)40-50)47-32-34-57-55(38-47)54-37-46(43-21-9-3-10-22-43)31-33-56(54)67(57)51-27-11-4-12-28-51/h1-40H. The quantitative estimate of drug-likeness (QED) is 0.153. The smallest absolute Gasteiger partial charge is 0.164 e. The molecule has 0 unspecified atom stereocenters. The zero-order valence-corrected chi connectivity index (χ0v) is 36.8. The monoisotopic (exact) mass is 868 g/mol. The molecule has 0 spiro atoms. The average Bonchev–Trinajstić information content (AvgIpc) is 3.97. The zero-order valence-electron chi connectivity index (χ0n) is 36.8. The van der Waals surface area contributed by atoms with E-state index in [9.17, 15) is 0 Å². The molecular formula is C63H40N4O. The Labute approximate surface area is 392 Å². The van der Waals surface area contributed by atoms with Gasteiger partial charge in [-0.2, -0.15) is 0 Å². The highest BCUT2D eigenvalue weighted by atomic mass is 16.3. The van der Waals surface area contributed by atoms with Crippen LogP contribution in [0.25, 0.3) is 128 Å². The van der Waals surface area contributed by atoms with Crippen LogP contribution in [0.5, 0.6) is 0 Å². The summed E-state index contributed by atoms with van der Waals surface area (Å²) < 4.78 is 9.12. The Kier molecular flexibility index (Phi) is 9.43. The van der Waals surface area contributed by atoms with Crippen molar-refractivity contribution in [1.82, 2.24) is 19.5 Å². The summed E-state index contributed by atoms with van der Waals surface area (Å²) in [6.45, 7) is 0. The van der Waals surface area contributed by atoms with Gasteiger partial charge in [-0.15, -0.1) is 0 Å². The van der Waals surface area contributed by atoms with E-state index >= 15 is 0 Å². The SMILES string of the molecule is c1ccc(-c2cccc(-c3nc(-c4cccc(-c5ccccc5)c4)nc(-c4cc(-c5ccc6c(c5)c5cc(-c7ccccc7)ccc5n6-c5ccccc5)c5c(c4)oc4ccccc45)n3)c2)cc1. The van der Waals surface area contributed by atoms with Gasteiger partial charge in [0.2, 0.25) is 0 Å². The Bertz CT molecular complexity index is 3910. The molecule has 0 aliphatic carbocycles. The summed E-state index contributed by atoms with van der Waals surface area (Å²) in [5.41, 5.74) is 16.5. The first-order chi connectivity index (χ1) is 33.7. The maximum absolute atomic E-state index is 6.75. The molecule has 0 fully saturated rings. The number of nitrogens with zero attached hydrogens (tertiary/aromatic N) is 4. The van der Waals surface area contributed by atoms with E-state index in [1.54, 1.807) is 0 Å². The molecule has 0 saturated carbocycles. The fraction of sp³-hybridized carbons (Fsp3) is 0. The second-order valence-electron chi connectivity index (χ2n) is 17.2. The highest BCUT2D eigenvalue weighted by molar-refractivity contribution is 6.16. The number of benzene rings is 10. The van der Waals surface area contributed by atoms with Crippen LogP contribution in [-0.2, 0) is 0 Å². The van der Waals surface area contributed by atoms with E-state index in [4.69, 9.17) is 19.4 Å². The van der Waals surface area contributed by atoms with Crippen molar-refractivity contribution in [3.8, 4) is 84.4 Å². The van der Waals surface area contributed by atoms with Crippen LogP contribution in [-0.4, -0.2) is 19.5 Å². The lowest BCUT2D eigenvalue weighted by Gasteiger charge is -2.12. The minimum Gasteiger partial charge on any atom is -0.456 e. The lowest BCUT2D eigenvalue weighted by Crippen LogP contribution is -2.01. The van der Waals surface area contributed by atoms with Crippen molar-refractivity contribution in [2.24, 2.45) is 0 Å². The minimum atomic E-state index is 0.554. The molecule has 0 atom stereocenters. The number of furan rings is 1. The van der Waals surface area contributed by atoms with Crippen molar-refractivity contribution in [1.29, 1.82) is 0 Å². The Morgan fingerprint density at radius 2 is 0.721 bits per heavy atom. The summed E-state index contributed by atoms with van der Waals surface area (Å²) in [5.74, 6) is 1.73. The van der Waals surface area contributed by atoms with Gasteiger partial charge < -0.3 is 8.98 Å². The molecule has 0 amide bonds. The Morgan fingerprint density at radius 1 is 0.279 bits per heavy atom. The van der Waals surface area contributed by atoms with Gasteiger partial charge in [-0.1, -0.05) is 176 Å². The molecule has 0 aliphatic rings. The van der Waals surface area contributed by atoms with E-state index in [-0.39, 0.29) is 0 Å². The van der Waals surface area contributed by atoms with Crippen LogP contribution in [0.3, 0.4) is 0 Å². The molecule has 318 valence electrons. The second-order valence-corrected chi connectivity index (χ2v) is 17.2. The van der Waals surface area contributed by atoms with Crippen molar-refractivity contribution in [2.75, 3.05) is 0 Å². The van der Waals surface area contributed by atoms with E-state index in [1.165, 1.54) is 16.5 Å². The summed E-state index contributed by atoms with van der Waals surface area (Å²) in [7, 11) is 0. The van der Waals surface area contributed by atoms with Gasteiger partial charge in [-0.25, -0.2) is 15.0 Å². The van der Waals surface area contributed by atoms with Gasteiger partial charge >= 0.3 is 0 Å². The van der Waals surface area contributed by atoms with Gasteiger partial charge in [0, 0.05) is 43.9 Å². The molecule has 0 saturated heterocycles. The Balaban J connectivity index is 1.04. The normalized spacial score (nSPS) is 11.5. The predicted molar refractivity (Wildman–Crippen MR) is 279 cm³/mol. The molecule has 13 aromatic rings. The molecule has 5 heteroatoms. The first-order valence-corrected chi connectivity index (χ1v) is 22.9. The van der Waals surface area contributed by atoms with E-state index < -0.39 is 0 Å². The van der Waals surface area contributed by atoms with Crippen LogP contribution < -0.4 is 0 Å². The molecule has 5 nitrogen and oxygen atoms in total. The summed E-state index contributed by atoms with van der Waals surface area (Å²) in [6.07, 6.45) is 0. The second kappa shape index (κ2) is 16.4. The zero-order chi connectivity index (χ0) is 45.0. The fourth-order valence-corrected chi connectivity index (χ4v) is 9.77. The van der Waals surface area contributed by atoms with Crippen LogP contribution in [0.4, 0.5) is 0 Å². The Hall–Kier alpha value is -9.19. The summed E-state index contributed by atoms with van der Waals surface area (Å²) in [5, 5.41) is 4.43. The van der Waals surface area contributed by atoms with Crippen LogP contribution in [0, 0.1) is 0 Å². The number of rotatable bonds is 8. The maximum Gasteiger partial charge on any atom is 0.164 e. The van der Waals surface area contributed by atoms with Crippen molar-refractivity contribution in [3.05, 3.63) is 243 Å². The molecule has 0 N–H and O–H groups in total. The topological polar surface area (TPSA) is 56.7 Å². The first kappa shape index (κ1) is 39.2. The number of hydrogen-bond donors (Lipinski definition) is 0. The van der Waals surface area contributed by atoms with Crippen molar-refractivity contribution in [3.63, 3.8) is 0 Å². The molecule has 13 rings (SSSR count). The van der Waals surface area contributed by atoms with Crippen molar-refractivity contribution < 1.29 is 4.42 Å². The average molecular weight is 869 g/mol. The van der Waals surface area contributed by atoms with Crippen molar-refractivity contribution >= 4 is 43.7 Å². The molecule has 0 aliphatic heterocycles. The molecule has 68 heavy (non-hydrogen) atoms. The number of hydrogen-bond acceptors (Lipinski definition) is 4. The molecular weight excluding hydrogens is 829 g/mol. The minimum absolute atomic E-state index is 0.554. The summed E-state index contributed by atoms with van der Waals surface area (Å²) >= 11 is 0. The van der Waals surface area contributed by atoms with Crippen molar-refractivity contribution in [2.45, 2.75) is 0 Å². The fourth-order valence-electron chi connectivity index (χ4n) is 9.77. The highest BCUT2D eigenvalue weighted by Crippen LogP contribution is 2.43. The number of para-hydroxylation sites is 2. The molecule has 10 aromatic carbocycles. The lowest BCUT2D eigenvalue weighted by atomic mass is 9.95. The van der Waals surface area contributed by atoms with Gasteiger partial charge in [0.25, 0.3) is 0 Å². The maximum atomic E-state index is 6.75. The third-order valence-electron chi connectivity index (χ3n) is 13.0. The van der Waals surface area contributed by atoms with Gasteiger partial charge in [0.15, 0.2) is 17.5 Å². The van der Waals surface area contributed by atoms with Crippen LogP contribution in [0.2, 0.25) is 0 Å². The lowest BCUT2D eigenvalue weighted by molar-refractivity contribution is 0.669. The number of fused-ring (bicyclic) bond motifs is 6. The van der Waals surface area contributed by atoms with Gasteiger partial charge in [-0.05, 0) is 111 Å². The molecule has 0 radical (unpaired) electrons. The van der Waals surface area contributed by atoms with Gasteiger partial charge in [0.05, 0.1) is 11.0 Å². The van der Waals surface area contributed by atoms with Crippen LogP contribution in [0.15, 0.2) is 247 Å².